The second-order valence-electron chi connectivity index (χ2n) is 7.70. The van der Waals surface area contributed by atoms with Crippen LogP contribution in [-0.2, 0) is 14.8 Å². The maximum atomic E-state index is 12.8. The molecule has 0 radical (unpaired) electrons. The minimum atomic E-state index is -3.51. The van der Waals surface area contributed by atoms with E-state index in [1.807, 2.05) is 6.92 Å². The van der Waals surface area contributed by atoms with Crippen molar-refractivity contribution in [2.45, 2.75) is 26.2 Å². The van der Waals surface area contributed by atoms with Gasteiger partial charge in [-0.15, -0.1) is 0 Å². The first-order valence-electron chi connectivity index (χ1n) is 10.8. The summed E-state index contributed by atoms with van der Waals surface area (Å²) in [4.78, 5) is 27.0. The van der Waals surface area contributed by atoms with Crippen LogP contribution < -0.4 is 19.5 Å². The molecular weight excluding hydrogens is 446 g/mol. The molecule has 1 aliphatic heterocycles. The van der Waals surface area contributed by atoms with E-state index >= 15 is 0 Å². The van der Waals surface area contributed by atoms with Crippen LogP contribution in [0.15, 0.2) is 42.5 Å². The number of nitrogens with zero attached hydrogens (tertiary/aromatic N) is 1. The average Bonchev–Trinajstić information content (AvgIpc) is 2.79. The highest BCUT2D eigenvalue weighted by Gasteiger charge is 2.19. The Hall–Kier alpha value is -3.27. The van der Waals surface area contributed by atoms with E-state index in [2.05, 4.69) is 10.0 Å². The number of likely N-dealkylation sites (tertiary alicyclic amines) is 1. The second-order valence-corrected chi connectivity index (χ2v) is 9.45. The predicted molar refractivity (Wildman–Crippen MR) is 126 cm³/mol. The Morgan fingerprint density at radius 3 is 2.33 bits per heavy atom. The van der Waals surface area contributed by atoms with E-state index in [9.17, 15) is 18.0 Å². The van der Waals surface area contributed by atoms with Gasteiger partial charge in [-0.2, -0.15) is 0 Å². The minimum Gasteiger partial charge on any atom is -0.490 e. The molecule has 178 valence electrons. The number of sulfonamides is 1. The third kappa shape index (κ3) is 7.11. The highest BCUT2D eigenvalue weighted by atomic mass is 32.2. The Kier molecular flexibility index (Phi) is 8.16. The lowest BCUT2D eigenvalue weighted by molar-refractivity contribution is -0.134. The van der Waals surface area contributed by atoms with Gasteiger partial charge in [0.25, 0.3) is 11.8 Å². The first-order chi connectivity index (χ1) is 15.8. The zero-order valence-electron chi connectivity index (χ0n) is 18.8. The molecular formula is C23H29N3O6S. The number of ether oxygens (including phenoxy) is 2. The van der Waals surface area contributed by atoms with Gasteiger partial charge >= 0.3 is 0 Å². The molecule has 33 heavy (non-hydrogen) atoms. The fraction of sp³-hybridized carbons (Fsp3) is 0.391. The Labute approximate surface area is 194 Å². The zero-order valence-corrected chi connectivity index (χ0v) is 19.6. The first-order valence-corrected chi connectivity index (χ1v) is 12.7. The standard InChI is InChI=1S/C23H29N3O6S/c1-3-31-21-15-17(11-12-20(21)32-16-22(27)26-13-7-4-8-14-26)23(28)24-18-9-5-6-10-19(18)25-33(2,29)30/h5-6,9-12,15,25H,3-4,7-8,13-14,16H2,1-2H3,(H,24,28). The van der Waals surface area contributed by atoms with Crippen LogP contribution in [0.4, 0.5) is 11.4 Å². The lowest BCUT2D eigenvalue weighted by Crippen LogP contribution is -2.38. The summed E-state index contributed by atoms with van der Waals surface area (Å²) >= 11 is 0. The number of carbonyl (C=O) groups excluding carboxylic acids is 2. The van der Waals surface area contributed by atoms with Gasteiger partial charge in [-0.25, -0.2) is 8.42 Å². The van der Waals surface area contributed by atoms with E-state index in [0.29, 0.717) is 29.4 Å². The summed E-state index contributed by atoms with van der Waals surface area (Å²) in [6.07, 6.45) is 4.18. The normalized spacial score (nSPS) is 13.8. The summed E-state index contributed by atoms with van der Waals surface area (Å²) < 4.78 is 36.9. The Morgan fingerprint density at radius 1 is 0.970 bits per heavy atom. The van der Waals surface area contributed by atoms with Gasteiger partial charge in [0.15, 0.2) is 18.1 Å². The van der Waals surface area contributed by atoms with Crippen molar-refractivity contribution in [3.63, 3.8) is 0 Å². The summed E-state index contributed by atoms with van der Waals surface area (Å²) in [6, 6.07) is 11.2. The van der Waals surface area contributed by atoms with E-state index in [-0.39, 0.29) is 18.2 Å². The predicted octanol–water partition coefficient (Wildman–Crippen LogP) is 3.10. The van der Waals surface area contributed by atoms with Crippen molar-refractivity contribution in [2.75, 3.05) is 42.6 Å². The van der Waals surface area contributed by atoms with Gasteiger partial charge in [-0.3, -0.25) is 14.3 Å². The summed E-state index contributed by atoms with van der Waals surface area (Å²) in [7, 11) is -3.51. The Morgan fingerprint density at radius 2 is 1.67 bits per heavy atom. The molecule has 1 saturated heterocycles. The first kappa shape index (κ1) is 24.4. The van der Waals surface area contributed by atoms with Gasteiger partial charge < -0.3 is 19.7 Å². The lowest BCUT2D eigenvalue weighted by Gasteiger charge is -2.26. The molecule has 1 aliphatic rings. The highest BCUT2D eigenvalue weighted by Crippen LogP contribution is 2.30. The molecule has 2 aromatic rings. The van der Waals surface area contributed by atoms with Gasteiger partial charge in [-0.1, -0.05) is 12.1 Å². The molecule has 0 atom stereocenters. The summed E-state index contributed by atoms with van der Waals surface area (Å²) in [5.41, 5.74) is 0.871. The van der Waals surface area contributed by atoms with E-state index in [0.717, 1.165) is 38.6 Å². The van der Waals surface area contributed by atoms with E-state index in [1.54, 1.807) is 41.3 Å². The number of hydrogen-bond donors (Lipinski definition) is 2. The van der Waals surface area contributed by atoms with E-state index in [1.165, 1.54) is 6.07 Å². The molecule has 2 amide bonds. The molecule has 10 heteroatoms. The number of nitrogens with one attached hydrogen (secondary N) is 2. The number of piperidine rings is 1. The van der Waals surface area contributed by atoms with Crippen LogP contribution in [0.2, 0.25) is 0 Å². The average molecular weight is 476 g/mol. The Balaban J connectivity index is 1.72. The third-order valence-electron chi connectivity index (χ3n) is 5.04. The maximum absolute atomic E-state index is 12.8. The number of carbonyl (C=O) groups is 2. The van der Waals surface area contributed by atoms with Crippen molar-refractivity contribution in [2.24, 2.45) is 0 Å². The van der Waals surface area contributed by atoms with Crippen molar-refractivity contribution < 1.29 is 27.5 Å². The van der Waals surface area contributed by atoms with Crippen molar-refractivity contribution >= 4 is 33.2 Å². The minimum absolute atomic E-state index is 0.0750. The molecule has 1 fully saturated rings. The van der Waals surface area contributed by atoms with Crippen LogP contribution >= 0.6 is 0 Å². The topological polar surface area (TPSA) is 114 Å². The Bertz CT molecular complexity index is 1100. The highest BCUT2D eigenvalue weighted by molar-refractivity contribution is 7.92. The SMILES string of the molecule is CCOc1cc(C(=O)Nc2ccccc2NS(C)(=O)=O)ccc1OCC(=O)N1CCCCC1. The van der Waals surface area contributed by atoms with E-state index < -0.39 is 15.9 Å². The van der Waals surface area contributed by atoms with Crippen molar-refractivity contribution in [3.8, 4) is 11.5 Å². The van der Waals surface area contributed by atoms with Crippen molar-refractivity contribution in [1.29, 1.82) is 0 Å². The van der Waals surface area contributed by atoms with Crippen LogP contribution in [0.3, 0.4) is 0 Å². The molecule has 9 nitrogen and oxygen atoms in total. The maximum Gasteiger partial charge on any atom is 0.260 e. The summed E-state index contributed by atoms with van der Waals surface area (Å²) in [5.74, 6) is 0.195. The summed E-state index contributed by atoms with van der Waals surface area (Å²) in [6.45, 7) is 3.55. The fourth-order valence-electron chi connectivity index (χ4n) is 3.49. The van der Waals surface area contributed by atoms with Gasteiger partial charge in [-0.05, 0) is 56.5 Å². The molecule has 2 aromatic carbocycles. The van der Waals surface area contributed by atoms with E-state index in [4.69, 9.17) is 9.47 Å². The molecule has 2 N–H and O–H groups in total. The molecule has 0 unspecified atom stereocenters. The van der Waals surface area contributed by atoms with Gasteiger partial charge in [0.2, 0.25) is 10.0 Å². The van der Waals surface area contributed by atoms with Gasteiger partial charge in [0.1, 0.15) is 0 Å². The molecule has 0 saturated carbocycles. The smallest absolute Gasteiger partial charge is 0.260 e. The van der Waals surface area contributed by atoms with Crippen LogP contribution in [-0.4, -0.2) is 57.7 Å². The number of hydrogen-bond acceptors (Lipinski definition) is 6. The molecule has 0 aromatic heterocycles. The second kappa shape index (κ2) is 11.0. The quantitative estimate of drug-likeness (QED) is 0.576. The van der Waals surface area contributed by atoms with Crippen molar-refractivity contribution in [3.05, 3.63) is 48.0 Å². The fourth-order valence-corrected chi connectivity index (χ4v) is 4.06. The molecule has 0 spiro atoms. The number of anilines is 2. The van der Waals surface area contributed by atoms with Gasteiger partial charge in [0.05, 0.1) is 24.2 Å². The molecule has 1 heterocycles. The monoisotopic (exact) mass is 475 g/mol. The van der Waals surface area contributed by atoms with Crippen LogP contribution in [0.1, 0.15) is 36.5 Å². The van der Waals surface area contributed by atoms with Crippen LogP contribution in [0.5, 0.6) is 11.5 Å². The largest absolute Gasteiger partial charge is 0.490 e. The lowest BCUT2D eigenvalue weighted by atomic mass is 10.1. The van der Waals surface area contributed by atoms with Crippen LogP contribution in [0, 0.1) is 0 Å². The number of para-hydroxylation sites is 2. The van der Waals surface area contributed by atoms with Gasteiger partial charge in [0, 0.05) is 18.7 Å². The number of rotatable bonds is 9. The molecule has 0 bridgehead atoms. The third-order valence-corrected chi connectivity index (χ3v) is 5.63. The number of benzene rings is 2. The molecule has 0 aliphatic carbocycles. The molecule has 3 rings (SSSR count). The zero-order chi connectivity index (χ0) is 23.8. The van der Waals surface area contributed by atoms with Crippen LogP contribution in [0.25, 0.3) is 0 Å². The number of amides is 2. The summed E-state index contributed by atoms with van der Waals surface area (Å²) in [5, 5.41) is 2.71. The van der Waals surface area contributed by atoms with Crippen molar-refractivity contribution in [1.82, 2.24) is 4.90 Å².